The summed E-state index contributed by atoms with van der Waals surface area (Å²) >= 11 is 0. The Labute approximate surface area is 141 Å². The lowest BCUT2D eigenvalue weighted by molar-refractivity contribution is -0.115. The molecule has 0 radical (unpaired) electrons. The van der Waals surface area contributed by atoms with Crippen LogP contribution in [0.15, 0.2) is 48.5 Å². The summed E-state index contributed by atoms with van der Waals surface area (Å²) in [5.74, 6) is 11.2. The van der Waals surface area contributed by atoms with E-state index >= 15 is 0 Å². The van der Waals surface area contributed by atoms with E-state index in [2.05, 4.69) is 34.3 Å². The van der Waals surface area contributed by atoms with Gasteiger partial charge in [-0.05, 0) is 48.2 Å². The molecule has 4 heteroatoms. The van der Waals surface area contributed by atoms with Crippen molar-refractivity contribution >= 4 is 23.2 Å². The van der Waals surface area contributed by atoms with Crippen LogP contribution >= 0.6 is 0 Å². The van der Waals surface area contributed by atoms with Crippen molar-refractivity contribution in [2.45, 2.75) is 13.8 Å². The molecule has 0 aromatic heterocycles. The molecule has 0 saturated heterocycles. The Balaban J connectivity index is 2.10. The third kappa shape index (κ3) is 5.71. The second-order valence-corrected chi connectivity index (χ2v) is 5.02. The minimum Gasteiger partial charge on any atom is -0.326 e. The molecule has 2 aromatic carbocycles. The van der Waals surface area contributed by atoms with Gasteiger partial charge in [0.2, 0.25) is 11.8 Å². The average Bonchev–Trinajstić information content (AvgIpc) is 2.51. The lowest BCUT2D eigenvalue weighted by atomic mass is 10.2. The Hall–Kier alpha value is -3.50. The van der Waals surface area contributed by atoms with Crippen LogP contribution in [0.1, 0.15) is 25.0 Å². The molecule has 0 heterocycles. The van der Waals surface area contributed by atoms with E-state index in [0.29, 0.717) is 11.4 Å². The first-order valence-corrected chi connectivity index (χ1v) is 7.30. The molecule has 0 unspecified atom stereocenters. The van der Waals surface area contributed by atoms with Crippen LogP contribution in [0.4, 0.5) is 11.4 Å². The van der Waals surface area contributed by atoms with Gasteiger partial charge in [-0.25, -0.2) is 0 Å². The zero-order valence-electron chi connectivity index (χ0n) is 13.4. The van der Waals surface area contributed by atoms with Gasteiger partial charge >= 0.3 is 0 Å². The summed E-state index contributed by atoms with van der Waals surface area (Å²) in [4.78, 5) is 22.1. The van der Waals surface area contributed by atoms with E-state index < -0.39 is 0 Å². The van der Waals surface area contributed by atoms with Crippen LogP contribution in [0.2, 0.25) is 0 Å². The maximum absolute atomic E-state index is 11.0. The minimum atomic E-state index is -0.126. The van der Waals surface area contributed by atoms with Gasteiger partial charge in [0.15, 0.2) is 0 Å². The van der Waals surface area contributed by atoms with Gasteiger partial charge < -0.3 is 10.6 Å². The smallest absolute Gasteiger partial charge is 0.221 e. The van der Waals surface area contributed by atoms with Crippen molar-refractivity contribution in [3.05, 3.63) is 59.7 Å². The molecule has 0 atom stereocenters. The Morgan fingerprint density at radius 2 is 1.17 bits per heavy atom. The van der Waals surface area contributed by atoms with Gasteiger partial charge in [-0.2, -0.15) is 0 Å². The average molecular weight is 316 g/mol. The predicted octanol–water partition coefficient (Wildman–Crippen LogP) is 3.01. The quantitative estimate of drug-likeness (QED) is 0.837. The largest absolute Gasteiger partial charge is 0.326 e. The van der Waals surface area contributed by atoms with Crippen molar-refractivity contribution in [3.8, 4) is 23.7 Å². The van der Waals surface area contributed by atoms with Gasteiger partial charge in [0.1, 0.15) is 0 Å². The summed E-state index contributed by atoms with van der Waals surface area (Å²) in [5, 5.41) is 5.41. The molecule has 2 N–H and O–H groups in total. The van der Waals surface area contributed by atoms with E-state index in [0.717, 1.165) is 11.1 Å². The van der Waals surface area contributed by atoms with Gasteiger partial charge in [0, 0.05) is 36.3 Å². The summed E-state index contributed by atoms with van der Waals surface area (Å²) < 4.78 is 0. The maximum atomic E-state index is 11.0. The summed E-state index contributed by atoms with van der Waals surface area (Å²) in [5.41, 5.74) is 2.93. The number of nitrogens with one attached hydrogen (secondary N) is 2. The number of hydrogen-bond acceptors (Lipinski definition) is 2. The molecule has 0 spiro atoms. The number of rotatable bonds is 2. The van der Waals surface area contributed by atoms with Crippen molar-refractivity contribution in [3.63, 3.8) is 0 Å². The zero-order valence-corrected chi connectivity index (χ0v) is 13.4. The molecular weight excluding hydrogens is 300 g/mol. The second-order valence-electron chi connectivity index (χ2n) is 5.02. The van der Waals surface area contributed by atoms with Crippen molar-refractivity contribution in [1.82, 2.24) is 0 Å². The summed E-state index contributed by atoms with van der Waals surface area (Å²) in [6.07, 6.45) is 0. The highest BCUT2D eigenvalue weighted by Gasteiger charge is 1.96. The topological polar surface area (TPSA) is 58.2 Å². The lowest BCUT2D eigenvalue weighted by Crippen LogP contribution is -2.05. The number of carbonyl (C=O) groups is 2. The van der Waals surface area contributed by atoms with Crippen molar-refractivity contribution in [2.24, 2.45) is 0 Å². The Morgan fingerprint density at radius 3 is 1.54 bits per heavy atom. The predicted molar refractivity (Wildman–Crippen MR) is 95.2 cm³/mol. The third-order valence-corrected chi connectivity index (χ3v) is 2.84. The van der Waals surface area contributed by atoms with Crippen LogP contribution in [-0.2, 0) is 9.59 Å². The van der Waals surface area contributed by atoms with Gasteiger partial charge in [0.05, 0.1) is 0 Å². The van der Waals surface area contributed by atoms with E-state index in [1.54, 1.807) is 24.3 Å². The lowest BCUT2D eigenvalue weighted by Gasteiger charge is -2.01. The first-order chi connectivity index (χ1) is 11.5. The van der Waals surface area contributed by atoms with Crippen molar-refractivity contribution in [2.75, 3.05) is 10.6 Å². The Bertz CT molecular complexity index is 817. The highest BCUT2D eigenvalue weighted by atomic mass is 16.2. The fourth-order valence-electron chi connectivity index (χ4n) is 1.96. The minimum absolute atomic E-state index is 0.126. The van der Waals surface area contributed by atoms with E-state index in [1.165, 1.54) is 13.8 Å². The molecule has 2 amide bonds. The highest BCUT2D eigenvalue weighted by molar-refractivity contribution is 5.89. The first kappa shape index (κ1) is 16.9. The zero-order chi connectivity index (χ0) is 17.4. The monoisotopic (exact) mass is 316 g/mol. The normalized spacial score (nSPS) is 8.92. The highest BCUT2D eigenvalue weighted by Crippen LogP contribution is 2.10. The standard InChI is InChI=1S/C20H16N2O2/c1-15(23)21-19-11-5-9-17(13-19)7-3-4-8-18-10-6-12-20(14-18)22-16(2)24/h5-6,9-14H,1-2H3,(H,21,23)(H,22,24). The van der Waals surface area contributed by atoms with Crippen molar-refractivity contribution in [1.29, 1.82) is 0 Å². The third-order valence-electron chi connectivity index (χ3n) is 2.84. The van der Waals surface area contributed by atoms with Crippen LogP contribution in [0, 0.1) is 23.7 Å². The Kier molecular flexibility index (Phi) is 5.77. The maximum Gasteiger partial charge on any atom is 0.221 e. The van der Waals surface area contributed by atoms with E-state index in [4.69, 9.17) is 0 Å². The molecule has 24 heavy (non-hydrogen) atoms. The fourth-order valence-corrected chi connectivity index (χ4v) is 1.96. The van der Waals surface area contributed by atoms with Crippen LogP contribution in [-0.4, -0.2) is 11.8 Å². The number of benzene rings is 2. The van der Waals surface area contributed by atoms with Crippen LogP contribution < -0.4 is 10.6 Å². The molecule has 2 rings (SSSR count). The van der Waals surface area contributed by atoms with E-state index in [1.807, 2.05) is 24.3 Å². The van der Waals surface area contributed by atoms with Gasteiger partial charge in [-0.15, -0.1) is 0 Å². The number of amides is 2. The molecular formula is C20H16N2O2. The van der Waals surface area contributed by atoms with Crippen LogP contribution in [0.5, 0.6) is 0 Å². The summed E-state index contributed by atoms with van der Waals surface area (Å²) in [7, 11) is 0. The van der Waals surface area contributed by atoms with Crippen molar-refractivity contribution < 1.29 is 9.59 Å². The summed E-state index contributed by atoms with van der Waals surface area (Å²) in [6.45, 7) is 2.91. The van der Waals surface area contributed by atoms with E-state index in [-0.39, 0.29) is 11.8 Å². The Morgan fingerprint density at radius 1 is 0.750 bits per heavy atom. The molecule has 118 valence electrons. The SMILES string of the molecule is CC(=O)Nc1cccc(C#CC#Cc2cccc(NC(C)=O)c2)c1. The van der Waals surface area contributed by atoms with Gasteiger partial charge in [-0.3, -0.25) is 9.59 Å². The van der Waals surface area contributed by atoms with Gasteiger partial charge in [0.25, 0.3) is 0 Å². The second kappa shape index (κ2) is 8.22. The van der Waals surface area contributed by atoms with Crippen LogP contribution in [0.3, 0.4) is 0 Å². The molecule has 0 aliphatic carbocycles. The van der Waals surface area contributed by atoms with Crippen LogP contribution in [0.25, 0.3) is 0 Å². The molecule has 2 aromatic rings. The molecule has 0 bridgehead atoms. The number of hydrogen-bond donors (Lipinski definition) is 2. The first-order valence-electron chi connectivity index (χ1n) is 7.30. The van der Waals surface area contributed by atoms with E-state index in [9.17, 15) is 9.59 Å². The number of anilines is 2. The number of carbonyl (C=O) groups excluding carboxylic acids is 2. The summed E-state index contributed by atoms with van der Waals surface area (Å²) in [6, 6.07) is 14.5. The molecule has 4 nitrogen and oxygen atoms in total. The molecule has 0 aliphatic heterocycles. The van der Waals surface area contributed by atoms with Gasteiger partial charge in [-0.1, -0.05) is 24.0 Å². The molecule has 0 saturated carbocycles. The molecule has 0 fully saturated rings. The fraction of sp³-hybridized carbons (Fsp3) is 0.100. The molecule has 0 aliphatic rings.